The molecule has 0 bridgehead atoms. The number of hydrogen-bond donors (Lipinski definition) is 1. The van der Waals surface area contributed by atoms with Gasteiger partial charge in [0, 0.05) is 34.8 Å². The Balaban J connectivity index is 2.10. The highest BCUT2D eigenvalue weighted by Crippen LogP contribution is 2.25. The summed E-state index contributed by atoms with van der Waals surface area (Å²) in [7, 11) is 1.46. The average molecular weight is 324 g/mol. The normalized spacial score (nSPS) is 19.1. The predicted octanol–water partition coefficient (Wildman–Crippen LogP) is 1.97. The lowest BCUT2D eigenvalue weighted by atomic mass is 9.92. The van der Waals surface area contributed by atoms with Gasteiger partial charge in [-0.2, -0.15) is 0 Å². The number of nitrogens with one attached hydrogen (secondary N) is 1. The number of amides is 1. The van der Waals surface area contributed by atoms with Gasteiger partial charge in [0.25, 0.3) is 15.0 Å². The van der Waals surface area contributed by atoms with E-state index in [9.17, 15) is 13.2 Å². The first-order chi connectivity index (χ1) is 8.80. The molecule has 2 heterocycles. The number of rotatable bonds is 3. The molecule has 1 saturated heterocycles. The van der Waals surface area contributed by atoms with Crippen molar-refractivity contribution in [3.8, 4) is 0 Å². The zero-order chi connectivity index (χ0) is 14.1. The van der Waals surface area contributed by atoms with Crippen LogP contribution in [0, 0.1) is 0 Å². The van der Waals surface area contributed by atoms with E-state index in [2.05, 4.69) is 5.32 Å². The molecule has 0 unspecified atom stereocenters. The molecule has 0 aromatic carbocycles. The van der Waals surface area contributed by atoms with Crippen LogP contribution in [0.2, 0.25) is 0 Å². The maximum atomic E-state index is 12.1. The smallest absolute Gasteiger partial charge is 0.270 e. The SMILES string of the molecule is CC1(NC(=O)c2csc(S(=O)(=O)Cl)c2)CCOCC1. The third-order valence-corrected chi connectivity index (χ3v) is 6.13. The Labute approximate surface area is 120 Å². The number of carbonyl (C=O) groups excluding carboxylic acids is 1. The van der Waals surface area contributed by atoms with Crippen LogP contribution in [0.4, 0.5) is 0 Å². The molecule has 106 valence electrons. The Morgan fingerprint density at radius 2 is 2.11 bits per heavy atom. The molecule has 0 atom stereocenters. The standard InChI is InChI=1S/C11H14ClNO4S2/c1-11(2-4-17-5-3-11)13-10(14)8-6-9(18-7-8)19(12,15)16/h6-7H,2-5H2,1H3,(H,13,14). The van der Waals surface area contributed by atoms with Gasteiger partial charge in [0.15, 0.2) is 0 Å². The molecule has 0 spiro atoms. The van der Waals surface area contributed by atoms with Crippen molar-refractivity contribution in [3.63, 3.8) is 0 Å². The topological polar surface area (TPSA) is 72.5 Å². The lowest BCUT2D eigenvalue weighted by molar-refractivity contribution is 0.0423. The van der Waals surface area contributed by atoms with Crippen molar-refractivity contribution in [1.82, 2.24) is 5.32 Å². The van der Waals surface area contributed by atoms with Crippen LogP contribution in [-0.2, 0) is 13.8 Å². The van der Waals surface area contributed by atoms with E-state index >= 15 is 0 Å². The van der Waals surface area contributed by atoms with E-state index in [0.717, 1.165) is 24.2 Å². The average Bonchev–Trinajstić information content (AvgIpc) is 2.78. The number of thiophene rings is 1. The number of halogens is 1. The number of carbonyl (C=O) groups is 1. The molecule has 1 fully saturated rings. The Hall–Kier alpha value is -0.630. The summed E-state index contributed by atoms with van der Waals surface area (Å²) in [5.74, 6) is -0.285. The van der Waals surface area contributed by atoms with Gasteiger partial charge in [0.05, 0.1) is 5.56 Å². The van der Waals surface area contributed by atoms with Crippen LogP contribution >= 0.6 is 22.0 Å². The van der Waals surface area contributed by atoms with Crippen molar-refractivity contribution in [2.45, 2.75) is 29.5 Å². The Morgan fingerprint density at radius 1 is 1.47 bits per heavy atom. The van der Waals surface area contributed by atoms with E-state index in [4.69, 9.17) is 15.4 Å². The molecule has 5 nitrogen and oxygen atoms in total. The molecule has 1 amide bonds. The van der Waals surface area contributed by atoms with Crippen LogP contribution in [0.5, 0.6) is 0 Å². The second-order valence-corrected chi connectivity index (χ2v) is 8.42. The van der Waals surface area contributed by atoms with Crippen LogP contribution in [-0.4, -0.2) is 33.1 Å². The summed E-state index contributed by atoms with van der Waals surface area (Å²) in [6, 6.07) is 1.30. The largest absolute Gasteiger partial charge is 0.381 e. The molecule has 0 aliphatic carbocycles. The zero-order valence-electron chi connectivity index (χ0n) is 10.3. The highest BCUT2D eigenvalue weighted by atomic mass is 35.7. The zero-order valence-corrected chi connectivity index (χ0v) is 12.7. The highest BCUT2D eigenvalue weighted by Gasteiger charge is 2.29. The van der Waals surface area contributed by atoms with Gasteiger partial charge in [-0.25, -0.2) is 8.42 Å². The minimum absolute atomic E-state index is 0.0172. The maximum Gasteiger partial charge on any atom is 0.270 e. The van der Waals surface area contributed by atoms with Gasteiger partial charge in [-0.15, -0.1) is 11.3 Å². The van der Waals surface area contributed by atoms with Gasteiger partial charge >= 0.3 is 0 Å². The Kier molecular flexibility index (Phi) is 4.20. The first-order valence-corrected chi connectivity index (χ1v) is 8.93. The van der Waals surface area contributed by atoms with E-state index in [1.165, 1.54) is 11.4 Å². The third kappa shape index (κ3) is 3.68. The highest BCUT2D eigenvalue weighted by molar-refractivity contribution is 8.15. The predicted molar refractivity (Wildman–Crippen MR) is 73.3 cm³/mol. The fourth-order valence-electron chi connectivity index (χ4n) is 1.86. The molecular weight excluding hydrogens is 310 g/mol. The Bertz CT molecular complexity index is 575. The molecule has 1 aliphatic rings. The van der Waals surface area contributed by atoms with Crippen molar-refractivity contribution >= 4 is 37.0 Å². The first kappa shape index (κ1) is 14.8. The van der Waals surface area contributed by atoms with Crippen molar-refractivity contribution < 1.29 is 17.9 Å². The molecule has 0 saturated carbocycles. The van der Waals surface area contributed by atoms with E-state index in [1.54, 1.807) is 0 Å². The van der Waals surface area contributed by atoms with Crippen molar-refractivity contribution in [3.05, 3.63) is 17.0 Å². The van der Waals surface area contributed by atoms with Crippen LogP contribution < -0.4 is 5.32 Å². The van der Waals surface area contributed by atoms with Crippen molar-refractivity contribution in [2.24, 2.45) is 0 Å². The lowest BCUT2D eigenvalue weighted by Gasteiger charge is -2.34. The monoisotopic (exact) mass is 323 g/mol. The molecule has 1 aliphatic heterocycles. The second-order valence-electron chi connectivity index (χ2n) is 4.72. The molecule has 0 radical (unpaired) electrons. The first-order valence-electron chi connectivity index (χ1n) is 5.74. The van der Waals surface area contributed by atoms with Crippen LogP contribution in [0.25, 0.3) is 0 Å². The fraction of sp³-hybridized carbons (Fsp3) is 0.545. The summed E-state index contributed by atoms with van der Waals surface area (Å²) in [5.41, 5.74) is 0.00835. The summed E-state index contributed by atoms with van der Waals surface area (Å²) in [6.07, 6.45) is 1.48. The molecule has 19 heavy (non-hydrogen) atoms. The molecule has 2 rings (SSSR count). The Morgan fingerprint density at radius 3 is 2.63 bits per heavy atom. The quantitative estimate of drug-likeness (QED) is 0.863. The van der Waals surface area contributed by atoms with Gasteiger partial charge in [-0.1, -0.05) is 0 Å². The minimum Gasteiger partial charge on any atom is -0.381 e. The van der Waals surface area contributed by atoms with Crippen molar-refractivity contribution in [1.29, 1.82) is 0 Å². The van der Waals surface area contributed by atoms with Gasteiger partial charge < -0.3 is 10.1 Å². The summed E-state index contributed by atoms with van der Waals surface area (Å²) in [6.45, 7) is 3.18. The lowest BCUT2D eigenvalue weighted by Crippen LogP contribution is -2.49. The van der Waals surface area contributed by atoms with Gasteiger partial charge in [0.2, 0.25) is 0 Å². The molecule has 1 aromatic heterocycles. The summed E-state index contributed by atoms with van der Waals surface area (Å²) in [5, 5.41) is 4.42. The van der Waals surface area contributed by atoms with E-state index in [1.807, 2.05) is 6.92 Å². The van der Waals surface area contributed by atoms with E-state index in [0.29, 0.717) is 18.8 Å². The van der Waals surface area contributed by atoms with Gasteiger partial charge in [0.1, 0.15) is 4.21 Å². The molecule has 1 aromatic rings. The summed E-state index contributed by atoms with van der Waals surface area (Å²) < 4.78 is 27.5. The van der Waals surface area contributed by atoms with Crippen LogP contribution in [0.3, 0.4) is 0 Å². The maximum absolute atomic E-state index is 12.1. The minimum atomic E-state index is -3.77. The fourth-order valence-corrected chi connectivity index (χ4v) is 3.80. The van der Waals surface area contributed by atoms with Crippen molar-refractivity contribution in [2.75, 3.05) is 13.2 Å². The number of ether oxygens (including phenoxy) is 1. The van der Waals surface area contributed by atoms with Crippen LogP contribution in [0.1, 0.15) is 30.1 Å². The second kappa shape index (κ2) is 5.40. The van der Waals surface area contributed by atoms with E-state index < -0.39 is 9.05 Å². The third-order valence-electron chi connectivity index (χ3n) is 3.09. The molecule has 1 N–H and O–H groups in total. The van der Waals surface area contributed by atoms with Crippen LogP contribution in [0.15, 0.2) is 15.7 Å². The molecule has 8 heteroatoms. The van der Waals surface area contributed by atoms with Gasteiger partial charge in [-0.05, 0) is 25.8 Å². The number of hydrogen-bond acceptors (Lipinski definition) is 5. The summed E-state index contributed by atoms with van der Waals surface area (Å²) >= 11 is 0.940. The van der Waals surface area contributed by atoms with Gasteiger partial charge in [-0.3, -0.25) is 4.79 Å². The summed E-state index contributed by atoms with van der Waals surface area (Å²) in [4.78, 5) is 12.1. The molecular formula is C11H14ClNO4S2. The van der Waals surface area contributed by atoms with E-state index in [-0.39, 0.29) is 15.7 Å².